The van der Waals surface area contributed by atoms with Crippen LogP contribution in [0.5, 0.6) is 0 Å². The first kappa shape index (κ1) is 16.2. The number of anilines is 1. The first-order valence-corrected chi connectivity index (χ1v) is 7.12. The molecule has 0 aliphatic heterocycles. The average molecular weight is 276 g/mol. The Morgan fingerprint density at radius 1 is 1.10 bits per heavy atom. The molecule has 4 nitrogen and oxygen atoms in total. The molecule has 20 heavy (non-hydrogen) atoms. The van der Waals surface area contributed by atoms with E-state index >= 15 is 0 Å². The summed E-state index contributed by atoms with van der Waals surface area (Å²) >= 11 is 0. The maximum absolute atomic E-state index is 12.0. The predicted molar refractivity (Wildman–Crippen MR) is 81.8 cm³/mol. The van der Waals surface area contributed by atoms with Gasteiger partial charge in [0.25, 0.3) is 0 Å². The number of amides is 2. The van der Waals surface area contributed by atoms with Crippen molar-refractivity contribution in [2.75, 3.05) is 24.5 Å². The van der Waals surface area contributed by atoms with Gasteiger partial charge in [-0.25, -0.2) is 0 Å². The van der Waals surface area contributed by atoms with Crippen molar-refractivity contribution in [2.45, 2.75) is 34.1 Å². The molecule has 110 valence electrons. The number of rotatable bonds is 6. The van der Waals surface area contributed by atoms with Gasteiger partial charge >= 0.3 is 0 Å². The van der Waals surface area contributed by atoms with E-state index in [9.17, 15) is 9.59 Å². The lowest BCUT2D eigenvalue weighted by atomic mass is 10.1. The second-order valence-electron chi connectivity index (χ2n) is 4.77. The minimum Gasteiger partial charge on any atom is -0.343 e. The van der Waals surface area contributed by atoms with Gasteiger partial charge in [-0.3, -0.25) is 9.59 Å². The van der Waals surface area contributed by atoms with E-state index in [2.05, 4.69) is 0 Å². The number of para-hydroxylation sites is 1. The zero-order chi connectivity index (χ0) is 15.1. The number of carbonyl (C=O) groups excluding carboxylic acids is 2. The third kappa shape index (κ3) is 4.08. The Bertz CT molecular complexity index is 467. The van der Waals surface area contributed by atoms with E-state index in [1.165, 1.54) is 6.92 Å². The molecule has 0 atom stereocenters. The van der Waals surface area contributed by atoms with E-state index in [4.69, 9.17) is 0 Å². The molecule has 2 amide bonds. The van der Waals surface area contributed by atoms with Gasteiger partial charge in [-0.1, -0.05) is 18.2 Å². The number of aryl methyl sites for hydroxylation is 1. The molecule has 0 spiro atoms. The average Bonchev–Trinajstić information content (AvgIpc) is 2.42. The van der Waals surface area contributed by atoms with E-state index in [1.807, 2.05) is 45.0 Å². The van der Waals surface area contributed by atoms with Crippen molar-refractivity contribution in [3.8, 4) is 0 Å². The van der Waals surface area contributed by atoms with Crippen LogP contribution in [0.15, 0.2) is 24.3 Å². The van der Waals surface area contributed by atoms with Gasteiger partial charge in [-0.05, 0) is 32.4 Å². The molecule has 0 bridgehead atoms. The minimum atomic E-state index is -0.0355. The molecule has 0 fully saturated rings. The Balaban J connectivity index is 2.78. The van der Waals surface area contributed by atoms with E-state index in [0.29, 0.717) is 26.1 Å². The standard InChI is InChI=1S/C16H24N2O2/c1-5-17(6-2)16(20)11-12-18(14(4)19)15-10-8-7-9-13(15)3/h7-10H,5-6,11-12H2,1-4H3. The van der Waals surface area contributed by atoms with E-state index in [-0.39, 0.29) is 11.8 Å². The fraction of sp³-hybridized carbons (Fsp3) is 0.500. The number of nitrogens with zero attached hydrogens (tertiary/aromatic N) is 2. The molecule has 4 heteroatoms. The molecule has 1 aromatic rings. The lowest BCUT2D eigenvalue weighted by Gasteiger charge is -2.25. The van der Waals surface area contributed by atoms with Crippen molar-refractivity contribution in [1.29, 1.82) is 0 Å². The smallest absolute Gasteiger partial charge is 0.224 e. The van der Waals surface area contributed by atoms with Crippen LogP contribution in [0.2, 0.25) is 0 Å². The molecule has 0 aromatic heterocycles. The van der Waals surface area contributed by atoms with Gasteiger partial charge in [0.2, 0.25) is 11.8 Å². The zero-order valence-electron chi connectivity index (χ0n) is 12.8. The minimum absolute atomic E-state index is 0.0355. The van der Waals surface area contributed by atoms with Gasteiger partial charge in [-0.2, -0.15) is 0 Å². The summed E-state index contributed by atoms with van der Waals surface area (Å²) in [4.78, 5) is 27.3. The summed E-state index contributed by atoms with van der Waals surface area (Å²) in [5.74, 6) is 0.0569. The highest BCUT2D eigenvalue weighted by Gasteiger charge is 2.16. The highest BCUT2D eigenvalue weighted by atomic mass is 16.2. The molecule has 0 radical (unpaired) electrons. The van der Waals surface area contributed by atoms with Crippen LogP contribution < -0.4 is 4.90 Å². The maximum atomic E-state index is 12.0. The normalized spacial score (nSPS) is 10.2. The Kier molecular flexibility index (Phi) is 6.22. The predicted octanol–water partition coefficient (Wildman–Crippen LogP) is 2.61. The molecule has 0 saturated heterocycles. The van der Waals surface area contributed by atoms with Crippen LogP contribution in [0.4, 0.5) is 5.69 Å². The SMILES string of the molecule is CCN(CC)C(=O)CCN(C(C)=O)c1ccccc1C. The van der Waals surface area contributed by atoms with Crippen LogP contribution in [0.1, 0.15) is 32.8 Å². The quantitative estimate of drug-likeness (QED) is 0.801. The summed E-state index contributed by atoms with van der Waals surface area (Å²) in [5, 5.41) is 0. The number of carbonyl (C=O) groups is 2. The van der Waals surface area contributed by atoms with Gasteiger partial charge in [0.15, 0.2) is 0 Å². The van der Waals surface area contributed by atoms with Crippen LogP contribution in [0, 0.1) is 6.92 Å². The van der Waals surface area contributed by atoms with Crippen molar-refractivity contribution in [1.82, 2.24) is 4.90 Å². The molecule has 0 aliphatic carbocycles. The van der Waals surface area contributed by atoms with Crippen molar-refractivity contribution in [2.24, 2.45) is 0 Å². The van der Waals surface area contributed by atoms with E-state index in [1.54, 1.807) is 9.80 Å². The molecule has 0 N–H and O–H groups in total. The molecule has 0 unspecified atom stereocenters. The summed E-state index contributed by atoms with van der Waals surface area (Å²) in [6, 6.07) is 7.73. The fourth-order valence-electron chi connectivity index (χ4n) is 2.26. The molecule has 0 aliphatic rings. The first-order valence-electron chi connectivity index (χ1n) is 7.12. The van der Waals surface area contributed by atoms with Crippen molar-refractivity contribution >= 4 is 17.5 Å². The summed E-state index contributed by atoms with van der Waals surface area (Å²) in [6.07, 6.45) is 0.357. The molecular weight excluding hydrogens is 252 g/mol. The molecule has 1 rings (SSSR count). The lowest BCUT2D eigenvalue weighted by molar-refractivity contribution is -0.130. The van der Waals surface area contributed by atoms with Crippen LogP contribution >= 0.6 is 0 Å². The first-order chi connectivity index (χ1) is 9.51. The summed E-state index contributed by atoms with van der Waals surface area (Å²) in [5.41, 5.74) is 1.92. The van der Waals surface area contributed by atoms with Gasteiger partial charge in [0.1, 0.15) is 0 Å². The zero-order valence-corrected chi connectivity index (χ0v) is 12.8. The fourth-order valence-corrected chi connectivity index (χ4v) is 2.26. The van der Waals surface area contributed by atoms with E-state index in [0.717, 1.165) is 11.3 Å². The Hall–Kier alpha value is -1.84. The third-order valence-corrected chi connectivity index (χ3v) is 3.45. The van der Waals surface area contributed by atoms with Crippen molar-refractivity contribution in [3.05, 3.63) is 29.8 Å². The van der Waals surface area contributed by atoms with Gasteiger partial charge in [0, 0.05) is 38.7 Å². The van der Waals surface area contributed by atoms with Crippen LogP contribution in [-0.2, 0) is 9.59 Å². The van der Waals surface area contributed by atoms with Gasteiger partial charge < -0.3 is 9.80 Å². The summed E-state index contributed by atoms with van der Waals surface area (Å²) < 4.78 is 0. The number of benzene rings is 1. The van der Waals surface area contributed by atoms with E-state index < -0.39 is 0 Å². The van der Waals surface area contributed by atoms with Crippen molar-refractivity contribution < 1.29 is 9.59 Å². The largest absolute Gasteiger partial charge is 0.343 e. The van der Waals surface area contributed by atoms with Crippen LogP contribution in [0.3, 0.4) is 0 Å². The lowest BCUT2D eigenvalue weighted by Crippen LogP contribution is -2.36. The highest BCUT2D eigenvalue weighted by Crippen LogP contribution is 2.19. The maximum Gasteiger partial charge on any atom is 0.224 e. The summed E-state index contributed by atoms with van der Waals surface area (Å²) in [7, 11) is 0. The van der Waals surface area contributed by atoms with Gasteiger partial charge in [-0.15, -0.1) is 0 Å². The Morgan fingerprint density at radius 3 is 2.20 bits per heavy atom. The molecule has 0 saturated carbocycles. The summed E-state index contributed by atoms with van der Waals surface area (Å²) in [6.45, 7) is 9.28. The molecule has 1 aromatic carbocycles. The monoisotopic (exact) mass is 276 g/mol. The second-order valence-corrected chi connectivity index (χ2v) is 4.77. The van der Waals surface area contributed by atoms with Gasteiger partial charge in [0.05, 0.1) is 0 Å². The topological polar surface area (TPSA) is 40.6 Å². The van der Waals surface area contributed by atoms with Crippen LogP contribution in [0.25, 0.3) is 0 Å². The number of hydrogen-bond acceptors (Lipinski definition) is 2. The Morgan fingerprint density at radius 2 is 1.70 bits per heavy atom. The second kappa shape index (κ2) is 7.68. The number of hydrogen-bond donors (Lipinski definition) is 0. The molecular formula is C16H24N2O2. The molecule has 0 heterocycles. The van der Waals surface area contributed by atoms with Crippen molar-refractivity contribution in [3.63, 3.8) is 0 Å². The Labute approximate surface area is 121 Å². The highest BCUT2D eigenvalue weighted by molar-refractivity contribution is 5.93. The van der Waals surface area contributed by atoms with Crippen LogP contribution in [-0.4, -0.2) is 36.3 Å². The third-order valence-electron chi connectivity index (χ3n) is 3.45.